The predicted octanol–water partition coefficient (Wildman–Crippen LogP) is 11.4. The number of carbonyl (C=O) groups is 2. The van der Waals surface area contributed by atoms with Crippen LogP contribution in [-0.2, 0) is 9.59 Å². The van der Waals surface area contributed by atoms with E-state index in [1.807, 2.05) is 0 Å². The minimum absolute atomic E-state index is 0.141. The predicted molar refractivity (Wildman–Crippen MR) is 207 cm³/mol. The average molecular weight is 667 g/mol. The molecule has 0 saturated carbocycles. The van der Waals surface area contributed by atoms with Gasteiger partial charge in [-0.05, 0) is 51.5 Å². The van der Waals surface area contributed by atoms with Crippen LogP contribution in [0.25, 0.3) is 0 Å². The van der Waals surface area contributed by atoms with Crippen molar-refractivity contribution in [3.8, 4) is 0 Å². The molecule has 2 amide bonds. The maximum absolute atomic E-state index is 14.2. The van der Waals surface area contributed by atoms with Crippen molar-refractivity contribution in [2.75, 3.05) is 0 Å². The smallest absolute Gasteiger partial charge is 0.220 e. The largest absolute Gasteiger partial charge is 0.349 e. The van der Waals surface area contributed by atoms with Crippen molar-refractivity contribution in [1.29, 1.82) is 0 Å². The zero-order valence-electron chi connectivity index (χ0n) is 32.8. The van der Waals surface area contributed by atoms with Gasteiger partial charge < -0.3 is 10.6 Å². The van der Waals surface area contributed by atoms with Crippen molar-refractivity contribution in [2.24, 2.45) is 23.2 Å². The Morgan fingerprint density at radius 1 is 0.915 bits per heavy atom. The number of unbranched alkanes of at least 4 members (excludes halogenated alkanes) is 6. The van der Waals surface area contributed by atoms with Gasteiger partial charge in [0.1, 0.15) is 0 Å². The molecule has 5 unspecified atom stereocenters. The van der Waals surface area contributed by atoms with E-state index in [0.29, 0.717) is 6.42 Å². The van der Waals surface area contributed by atoms with E-state index < -0.39 is 19.4 Å². The SMILES string of the molecule is CCCCCC[SiH](CCCCCC)C(C(NC=O)=C1C(C)C(C)=C(C)C1C)(C(C)C)C(C)(NC(=O)CCC)C1(CC)C=CC=C1CC. The Balaban J connectivity index is 3.24. The Labute approximate surface area is 292 Å². The third-order valence-corrected chi connectivity index (χ3v) is 17.9. The van der Waals surface area contributed by atoms with Gasteiger partial charge in [0.2, 0.25) is 12.3 Å². The van der Waals surface area contributed by atoms with Crippen LogP contribution >= 0.6 is 0 Å². The maximum atomic E-state index is 14.2. The first kappa shape index (κ1) is 41.3. The van der Waals surface area contributed by atoms with Crippen LogP contribution in [0.5, 0.6) is 0 Å². The van der Waals surface area contributed by atoms with E-state index in [4.69, 9.17) is 0 Å². The fourth-order valence-electron chi connectivity index (χ4n) is 10.2. The zero-order valence-corrected chi connectivity index (χ0v) is 34.0. The molecule has 0 aromatic heterocycles. The summed E-state index contributed by atoms with van der Waals surface area (Å²) in [7, 11) is -1.80. The summed E-state index contributed by atoms with van der Waals surface area (Å²) >= 11 is 0. The minimum Gasteiger partial charge on any atom is -0.349 e. The van der Waals surface area contributed by atoms with Crippen LogP contribution in [0.2, 0.25) is 17.1 Å². The fraction of sp³-hybridized carbons (Fsp3) is 0.762. The number of carbonyl (C=O) groups excluding carboxylic acids is 2. The lowest BCUT2D eigenvalue weighted by Gasteiger charge is -2.64. The van der Waals surface area contributed by atoms with E-state index in [0.717, 1.165) is 31.4 Å². The first-order chi connectivity index (χ1) is 22.4. The molecule has 5 heteroatoms. The Morgan fingerprint density at radius 3 is 1.89 bits per heavy atom. The molecule has 268 valence electrons. The molecule has 0 aromatic carbocycles. The fourth-order valence-corrected chi connectivity index (χ4v) is 15.8. The van der Waals surface area contributed by atoms with Crippen molar-refractivity contribution in [3.63, 3.8) is 0 Å². The third-order valence-electron chi connectivity index (χ3n) is 12.9. The van der Waals surface area contributed by atoms with Gasteiger partial charge in [0, 0.05) is 34.4 Å². The van der Waals surface area contributed by atoms with E-state index >= 15 is 0 Å². The average Bonchev–Trinajstić information content (AvgIpc) is 3.56. The number of allylic oxidation sites excluding steroid dienone is 5. The molecule has 2 rings (SSSR count). The monoisotopic (exact) mass is 667 g/mol. The van der Waals surface area contributed by atoms with Crippen molar-refractivity contribution >= 4 is 21.1 Å². The summed E-state index contributed by atoms with van der Waals surface area (Å²) in [5.41, 5.74) is 5.80. The van der Waals surface area contributed by atoms with Crippen LogP contribution in [0.3, 0.4) is 0 Å². The highest BCUT2D eigenvalue weighted by Gasteiger charge is 2.66. The molecule has 0 saturated heterocycles. The number of rotatable bonds is 22. The highest BCUT2D eigenvalue weighted by Crippen LogP contribution is 2.67. The summed E-state index contributed by atoms with van der Waals surface area (Å²) in [6, 6.07) is 2.45. The molecule has 0 radical (unpaired) electrons. The van der Waals surface area contributed by atoms with E-state index in [-0.39, 0.29) is 29.1 Å². The molecule has 0 heterocycles. The molecule has 0 aliphatic heterocycles. The van der Waals surface area contributed by atoms with Crippen LogP contribution < -0.4 is 10.6 Å². The Hall–Kier alpha value is -1.88. The van der Waals surface area contributed by atoms with Gasteiger partial charge in [0.25, 0.3) is 0 Å². The molecule has 2 N–H and O–H groups in total. The van der Waals surface area contributed by atoms with Crippen molar-refractivity contribution in [3.05, 3.63) is 46.2 Å². The Bertz CT molecular complexity index is 1130. The summed E-state index contributed by atoms with van der Waals surface area (Å²) < 4.78 is 0. The van der Waals surface area contributed by atoms with Crippen LogP contribution in [0, 0.1) is 23.2 Å². The van der Waals surface area contributed by atoms with Gasteiger partial charge >= 0.3 is 0 Å². The van der Waals surface area contributed by atoms with Gasteiger partial charge in [-0.15, -0.1) is 0 Å². The summed E-state index contributed by atoms with van der Waals surface area (Å²) in [5, 5.41) is 7.06. The van der Waals surface area contributed by atoms with Gasteiger partial charge in [-0.25, -0.2) is 0 Å². The number of amides is 2. The van der Waals surface area contributed by atoms with Gasteiger partial charge in [-0.2, -0.15) is 0 Å². The highest BCUT2D eigenvalue weighted by atomic mass is 28.3. The Morgan fingerprint density at radius 2 is 1.47 bits per heavy atom. The summed E-state index contributed by atoms with van der Waals surface area (Å²) in [6.45, 7) is 27.8. The molecule has 4 nitrogen and oxygen atoms in total. The molecule has 2 aliphatic rings. The minimum atomic E-state index is -1.80. The zero-order chi connectivity index (χ0) is 35.4. The quantitative estimate of drug-likeness (QED) is 0.0523. The second-order valence-electron chi connectivity index (χ2n) is 15.5. The van der Waals surface area contributed by atoms with Crippen LogP contribution in [0.1, 0.15) is 160 Å². The van der Waals surface area contributed by atoms with Crippen LogP contribution in [-0.4, -0.2) is 26.7 Å². The molecule has 0 aromatic rings. The highest BCUT2D eigenvalue weighted by molar-refractivity contribution is 6.64. The van der Waals surface area contributed by atoms with Gasteiger partial charge in [-0.1, -0.05) is 161 Å². The lowest BCUT2D eigenvalue weighted by atomic mass is 9.55. The molecule has 47 heavy (non-hydrogen) atoms. The molecular weight excluding hydrogens is 593 g/mol. The second kappa shape index (κ2) is 18.8. The van der Waals surface area contributed by atoms with E-state index in [2.05, 4.69) is 112 Å². The van der Waals surface area contributed by atoms with Crippen molar-refractivity contribution < 1.29 is 9.59 Å². The molecular formula is C42H74N2O2Si. The van der Waals surface area contributed by atoms with E-state index in [9.17, 15) is 9.59 Å². The molecule has 2 aliphatic carbocycles. The number of nitrogens with one attached hydrogen (secondary N) is 2. The van der Waals surface area contributed by atoms with Crippen LogP contribution in [0.15, 0.2) is 46.2 Å². The first-order valence-corrected chi connectivity index (χ1v) is 21.9. The molecule has 0 spiro atoms. The standard InChI is InChI=1S/C42H74N2O2Si/c1-13-18-20-22-28-47(29-23-21-19-14-2)42(31(6)7,39(43-30-45)38-34(10)32(8)33(9)35(38)11)40(12,44-37(46)25-15-3)41(17-5)27-24-26-36(41)16-4/h24,26-27,30-31,34-35,47H,13-23,25,28-29H2,1-12H3,(H,43,45)(H,44,46). The lowest BCUT2D eigenvalue weighted by molar-refractivity contribution is -0.125. The van der Waals surface area contributed by atoms with Crippen molar-refractivity contribution in [1.82, 2.24) is 10.6 Å². The molecule has 5 atom stereocenters. The third kappa shape index (κ3) is 7.97. The number of hydrogen-bond donors (Lipinski definition) is 2. The summed E-state index contributed by atoms with van der Waals surface area (Å²) in [5.74, 6) is 0.832. The van der Waals surface area contributed by atoms with E-state index in [1.165, 1.54) is 85.7 Å². The van der Waals surface area contributed by atoms with E-state index in [1.54, 1.807) is 0 Å². The summed E-state index contributed by atoms with van der Waals surface area (Å²) in [6.07, 6.45) is 21.1. The molecule has 0 bridgehead atoms. The summed E-state index contributed by atoms with van der Waals surface area (Å²) in [4.78, 5) is 27.3. The lowest BCUT2D eigenvalue weighted by Crippen LogP contribution is -2.70. The Kier molecular flexibility index (Phi) is 16.5. The molecule has 0 fully saturated rings. The van der Waals surface area contributed by atoms with Gasteiger partial charge in [0.05, 0.1) is 14.3 Å². The van der Waals surface area contributed by atoms with Gasteiger partial charge in [-0.3, -0.25) is 9.59 Å². The van der Waals surface area contributed by atoms with Gasteiger partial charge in [0.15, 0.2) is 0 Å². The van der Waals surface area contributed by atoms with Crippen LogP contribution in [0.4, 0.5) is 0 Å². The second-order valence-corrected chi connectivity index (χ2v) is 18.9. The number of hydrogen-bond acceptors (Lipinski definition) is 2. The first-order valence-electron chi connectivity index (χ1n) is 19.7. The maximum Gasteiger partial charge on any atom is 0.220 e. The normalized spacial score (nSPS) is 23.7. The van der Waals surface area contributed by atoms with Crippen molar-refractivity contribution in [2.45, 2.75) is 183 Å². The topological polar surface area (TPSA) is 58.2 Å².